The predicted molar refractivity (Wildman–Crippen MR) is 74.0 cm³/mol. The Morgan fingerprint density at radius 3 is 2.90 bits per heavy atom. The summed E-state index contributed by atoms with van der Waals surface area (Å²) in [6.07, 6.45) is 2.33. The third kappa shape index (κ3) is 2.47. The molecule has 0 aromatic carbocycles. The van der Waals surface area contributed by atoms with Crippen LogP contribution in [0.1, 0.15) is 23.2 Å². The average Bonchev–Trinajstić information content (AvgIpc) is 3.01. The lowest BCUT2D eigenvalue weighted by molar-refractivity contribution is -0.385. The van der Waals surface area contributed by atoms with Gasteiger partial charge in [-0.1, -0.05) is 11.6 Å². The van der Waals surface area contributed by atoms with Crippen molar-refractivity contribution in [1.29, 1.82) is 0 Å². The summed E-state index contributed by atoms with van der Waals surface area (Å²) >= 11 is 5.89. The number of carbonyl (C=O) groups excluding carboxylic acids is 1. The van der Waals surface area contributed by atoms with Crippen molar-refractivity contribution in [2.45, 2.75) is 18.9 Å². The number of amides is 1. The largest absolute Gasteiger partial charge is 0.393 e. The number of aliphatic hydroxyl groups is 1. The fourth-order valence-corrected chi connectivity index (χ4v) is 3.44. The van der Waals surface area contributed by atoms with Gasteiger partial charge in [0.2, 0.25) is 0 Å². The predicted octanol–water partition coefficient (Wildman–Crippen LogP) is 1.49. The van der Waals surface area contributed by atoms with Crippen molar-refractivity contribution >= 4 is 23.2 Å². The van der Waals surface area contributed by atoms with E-state index < -0.39 is 4.92 Å². The number of aliphatic hydroxyl groups excluding tert-OH is 1. The van der Waals surface area contributed by atoms with Crippen LogP contribution in [0.4, 0.5) is 5.69 Å². The molecule has 0 bridgehead atoms. The van der Waals surface area contributed by atoms with Crippen LogP contribution in [0.15, 0.2) is 12.3 Å². The number of pyridine rings is 1. The highest BCUT2D eigenvalue weighted by atomic mass is 35.5. The summed E-state index contributed by atoms with van der Waals surface area (Å²) in [4.78, 5) is 28.0. The molecule has 3 rings (SSSR count). The first-order valence-corrected chi connectivity index (χ1v) is 7.12. The number of halogens is 1. The van der Waals surface area contributed by atoms with E-state index in [0.717, 1.165) is 25.1 Å². The molecule has 112 valence electrons. The van der Waals surface area contributed by atoms with Crippen molar-refractivity contribution < 1.29 is 14.8 Å². The molecule has 2 aliphatic rings. The number of aromatic nitrogens is 1. The average molecular weight is 312 g/mol. The van der Waals surface area contributed by atoms with Crippen molar-refractivity contribution in [1.82, 2.24) is 9.88 Å². The van der Waals surface area contributed by atoms with Crippen molar-refractivity contribution in [3.63, 3.8) is 0 Å². The maximum absolute atomic E-state index is 12.5. The molecule has 2 heterocycles. The first-order chi connectivity index (χ1) is 9.97. The molecule has 1 amide bonds. The number of carbonyl (C=O) groups is 1. The number of hydrogen-bond acceptors (Lipinski definition) is 5. The summed E-state index contributed by atoms with van der Waals surface area (Å²) in [6.45, 7) is 1.02. The standard InChI is InChI=1S/C13H14ClN3O4/c14-12-9(3-8(4-15-12)17(20)21)13(19)16-5-7-1-2-11(18)10(7)6-16/h3-4,7,10-11,18H,1-2,5-6H2. The van der Waals surface area contributed by atoms with E-state index in [4.69, 9.17) is 11.6 Å². The summed E-state index contributed by atoms with van der Waals surface area (Å²) in [5, 5.41) is 20.6. The van der Waals surface area contributed by atoms with Gasteiger partial charge in [0.15, 0.2) is 0 Å². The van der Waals surface area contributed by atoms with Gasteiger partial charge in [0.05, 0.1) is 16.6 Å². The Morgan fingerprint density at radius 1 is 1.48 bits per heavy atom. The van der Waals surface area contributed by atoms with Crippen LogP contribution in [0.3, 0.4) is 0 Å². The maximum atomic E-state index is 12.5. The first kappa shape index (κ1) is 14.2. The lowest BCUT2D eigenvalue weighted by Crippen LogP contribution is -2.31. The Labute approximate surface area is 125 Å². The second kappa shape index (κ2) is 5.23. The third-order valence-corrected chi connectivity index (χ3v) is 4.67. The summed E-state index contributed by atoms with van der Waals surface area (Å²) in [7, 11) is 0. The van der Waals surface area contributed by atoms with Crippen LogP contribution < -0.4 is 0 Å². The van der Waals surface area contributed by atoms with E-state index >= 15 is 0 Å². The van der Waals surface area contributed by atoms with E-state index in [0.29, 0.717) is 19.0 Å². The Morgan fingerprint density at radius 2 is 2.24 bits per heavy atom. The van der Waals surface area contributed by atoms with Gasteiger partial charge >= 0.3 is 0 Å². The summed E-state index contributed by atoms with van der Waals surface area (Å²) in [6, 6.07) is 1.15. The van der Waals surface area contributed by atoms with Gasteiger partial charge in [0.1, 0.15) is 11.3 Å². The van der Waals surface area contributed by atoms with Crippen molar-refractivity contribution in [3.8, 4) is 0 Å². The molecular weight excluding hydrogens is 298 g/mol. The van der Waals surface area contributed by atoms with Gasteiger partial charge < -0.3 is 10.0 Å². The van der Waals surface area contributed by atoms with Gasteiger partial charge in [-0.25, -0.2) is 4.98 Å². The van der Waals surface area contributed by atoms with Gasteiger partial charge in [0.25, 0.3) is 11.6 Å². The Kier molecular flexibility index (Phi) is 3.54. The highest BCUT2D eigenvalue weighted by molar-refractivity contribution is 6.32. The van der Waals surface area contributed by atoms with Gasteiger partial charge in [-0.2, -0.15) is 0 Å². The van der Waals surface area contributed by atoms with Crippen LogP contribution in [0.25, 0.3) is 0 Å². The minimum Gasteiger partial charge on any atom is -0.393 e. The fraction of sp³-hybridized carbons (Fsp3) is 0.538. The first-order valence-electron chi connectivity index (χ1n) is 6.74. The number of fused-ring (bicyclic) bond motifs is 1. The fourth-order valence-electron chi connectivity index (χ4n) is 3.26. The Bertz CT molecular complexity index is 609. The molecule has 0 spiro atoms. The zero-order chi connectivity index (χ0) is 15.1. The number of nitrogens with zero attached hydrogens (tertiary/aromatic N) is 3. The van der Waals surface area contributed by atoms with Crippen molar-refractivity contribution in [3.05, 3.63) is 33.1 Å². The monoisotopic (exact) mass is 311 g/mol. The van der Waals surface area contributed by atoms with Gasteiger partial charge in [-0.05, 0) is 18.8 Å². The molecule has 3 unspecified atom stereocenters. The Balaban J connectivity index is 1.83. The number of likely N-dealkylation sites (tertiary alicyclic amines) is 1. The number of rotatable bonds is 2. The van der Waals surface area contributed by atoms with Crippen LogP contribution in [0.5, 0.6) is 0 Å². The highest BCUT2D eigenvalue weighted by Gasteiger charge is 2.43. The van der Waals surface area contributed by atoms with Crippen LogP contribution >= 0.6 is 11.6 Å². The number of hydrogen-bond donors (Lipinski definition) is 1. The van der Waals surface area contributed by atoms with Crippen LogP contribution in [-0.2, 0) is 0 Å². The molecular formula is C13H14ClN3O4. The van der Waals surface area contributed by atoms with E-state index in [-0.39, 0.29) is 34.3 Å². The Hall–Kier alpha value is -1.73. The van der Waals surface area contributed by atoms with Crippen LogP contribution in [-0.4, -0.2) is 45.0 Å². The van der Waals surface area contributed by atoms with Crippen molar-refractivity contribution in [2.75, 3.05) is 13.1 Å². The van der Waals surface area contributed by atoms with Crippen LogP contribution in [0.2, 0.25) is 5.15 Å². The van der Waals surface area contributed by atoms with Crippen molar-refractivity contribution in [2.24, 2.45) is 11.8 Å². The molecule has 1 saturated heterocycles. The van der Waals surface area contributed by atoms with Gasteiger partial charge in [0, 0.05) is 25.1 Å². The van der Waals surface area contributed by atoms with E-state index in [1.807, 2.05) is 0 Å². The third-order valence-electron chi connectivity index (χ3n) is 4.37. The SMILES string of the molecule is O=C(c1cc([N+](=O)[O-])cnc1Cl)N1CC2CCC(O)C2C1. The van der Waals surface area contributed by atoms with Gasteiger partial charge in [-0.15, -0.1) is 0 Å². The molecule has 8 heteroatoms. The topological polar surface area (TPSA) is 96.6 Å². The lowest BCUT2D eigenvalue weighted by atomic mass is 10.00. The smallest absolute Gasteiger partial charge is 0.288 e. The van der Waals surface area contributed by atoms with Crippen LogP contribution in [0, 0.1) is 22.0 Å². The molecule has 1 aliphatic heterocycles. The summed E-state index contributed by atoms with van der Waals surface area (Å²) in [5.74, 6) is 0.0339. The zero-order valence-electron chi connectivity index (χ0n) is 11.1. The van der Waals surface area contributed by atoms with E-state index in [9.17, 15) is 20.0 Å². The number of nitro groups is 1. The normalized spacial score (nSPS) is 27.7. The minimum absolute atomic E-state index is 0.0387. The van der Waals surface area contributed by atoms with E-state index in [1.165, 1.54) is 0 Å². The maximum Gasteiger partial charge on any atom is 0.288 e. The second-order valence-corrected chi connectivity index (χ2v) is 5.93. The molecule has 0 radical (unpaired) electrons. The summed E-state index contributed by atoms with van der Waals surface area (Å²) < 4.78 is 0. The van der Waals surface area contributed by atoms with E-state index in [2.05, 4.69) is 4.98 Å². The summed E-state index contributed by atoms with van der Waals surface area (Å²) in [5.41, 5.74) is -0.220. The molecule has 1 aliphatic carbocycles. The molecule has 3 atom stereocenters. The molecule has 7 nitrogen and oxygen atoms in total. The molecule has 1 saturated carbocycles. The van der Waals surface area contributed by atoms with Gasteiger partial charge in [-0.3, -0.25) is 14.9 Å². The zero-order valence-corrected chi connectivity index (χ0v) is 11.9. The second-order valence-electron chi connectivity index (χ2n) is 5.57. The molecule has 1 N–H and O–H groups in total. The molecule has 2 fully saturated rings. The quantitative estimate of drug-likeness (QED) is 0.507. The minimum atomic E-state index is -0.609. The highest BCUT2D eigenvalue weighted by Crippen LogP contribution is 2.38. The molecule has 1 aromatic heterocycles. The lowest BCUT2D eigenvalue weighted by Gasteiger charge is -2.18. The molecule has 1 aromatic rings. The van der Waals surface area contributed by atoms with E-state index in [1.54, 1.807) is 4.90 Å². The molecule has 21 heavy (non-hydrogen) atoms.